The van der Waals surface area contributed by atoms with Gasteiger partial charge in [0, 0.05) is 31.2 Å². The van der Waals surface area contributed by atoms with E-state index in [9.17, 15) is 9.59 Å². The molecule has 1 heterocycles. The third-order valence-electron chi connectivity index (χ3n) is 4.49. The highest BCUT2D eigenvalue weighted by Gasteiger charge is 2.38. The summed E-state index contributed by atoms with van der Waals surface area (Å²) in [6.07, 6.45) is 1.58. The Hall–Kier alpha value is -3.20. The molecule has 1 aromatic carbocycles. The van der Waals surface area contributed by atoms with Gasteiger partial charge in [-0.3, -0.25) is 0 Å². The van der Waals surface area contributed by atoms with Gasteiger partial charge in [-0.1, -0.05) is 18.2 Å². The third-order valence-corrected chi connectivity index (χ3v) is 4.70. The minimum Gasteiger partial charge on any atom is -0.466 e. The first-order valence-electron chi connectivity index (χ1n) is 9.16. The number of ether oxygens (including phenoxy) is 2. The molecule has 0 saturated heterocycles. The summed E-state index contributed by atoms with van der Waals surface area (Å²) in [6.45, 7) is 3.53. The van der Waals surface area contributed by atoms with Crippen LogP contribution >= 0.6 is 12.2 Å². The zero-order chi connectivity index (χ0) is 22.4. The van der Waals surface area contributed by atoms with E-state index in [4.69, 9.17) is 21.7 Å². The van der Waals surface area contributed by atoms with Crippen molar-refractivity contribution in [2.75, 3.05) is 33.6 Å². The van der Waals surface area contributed by atoms with Gasteiger partial charge in [0.05, 0.1) is 37.6 Å². The van der Waals surface area contributed by atoms with Gasteiger partial charge in [-0.05, 0) is 37.7 Å². The number of nitrogens with zero attached hydrogens (tertiary/aromatic N) is 2. The summed E-state index contributed by atoms with van der Waals surface area (Å²) in [5, 5.41) is 6.41. The number of hydrogen-bond acceptors (Lipinski definition) is 6. The highest BCUT2D eigenvalue weighted by atomic mass is 32.1. The Bertz CT molecular complexity index is 912. The predicted octanol–water partition coefficient (Wildman–Crippen LogP) is 2.55. The molecule has 1 aliphatic heterocycles. The number of thiocarbonyl (C=S) groups is 1. The molecule has 2 N–H and O–H groups in total. The largest absolute Gasteiger partial charge is 0.466 e. The zero-order valence-corrected chi connectivity index (χ0v) is 18.7. The standard InChI is InChI=1S/C21H26N4O4S/c1-12-16(19(26)28-5)18(17(13(2)23-12)20(27)29-6)14-9-7-8-10-15(14)24-21(30)22-11-25(3)4/h7-11,18,23H,1-6H3,(H,24,30). The maximum Gasteiger partial charge on any atom is 0.336 e. The summed E-state index contributed by atoms with van der Waals surface area (Å²) in [4.78, 5) is 31.3. The van der Waals surface area contributed by atoms with Gasteiger partial charge in [0.15, 0.2) is 5.11 Å². The van der Waals surface area contributed by atoms with Crippen LogP contribution in [0.15, 0.2) is 51.8 Å². The van der Waals surface area contributed by atoms with E-state index < -0.39 is 17.9 Å². The van der Waals surface area contributed by atoms with Crippen molar-refractivity contribution in [1.82, 2.24) is 10.2 Å². The van der Waals surface area contributed by atoms with E-state index in [-0.39, 0.29) is 5.11 Å². The number of benzene rings is 1. The van der Waals surface area contributed by atoms with Crippen LogP contribution in [0.4, 0.5) is 5.69 Å². The van der Waals surface area contributed by atoms with Crippen molar-refractivity contribution >= 4 is 41.3 Å². The second kappa shape index (κ2) is 10.0. The van der Waals surface area contributed by atoms with Crippen LogP contribution in [-0.4, -0.2) is 56.6 Å². The van der Waals surface area contributed by atoms with E-state index >= 15 is 0 Å². The van der Waals surface area contributed by atoms with Crippen LogP contribution in [0.3, 0.4) is 0 Å². The Morgan fingerprint density at radius 3 is 2.13 bits per heavy atom. The number of anilines is 1. The molecule has 160 valence electrons. The number of rotatable bonds is 5. The number of hydrogen-bond donors (Lipinski definition) is 2. The number of para-hydroxylation sites is 1. The minimum absolute atomic E-state index is 0.241. The van der Waals surface area contributed by atoms with Crippen LogP contribution < -0.4 is 10.6 Å². The Morgan fingerprint density at radius 2 is 1.63 bits per heavy atom. The first kappa shape index (κ1) is 23.1. The zero-order valence-electron chi connectivity index (χ0n) is 17.9. The van der Waals surface area contributed by atoms with Crippen molar-refractivity contribution < 1.29 is 19.1 Å². The average molecular weight is 431 g/mol. The Balaban J connectivity index is 2.64. The van der Waals surface area contributed by atoms with E-state index in [1.807, 2.05) is 38.4 Å². The van der Waals surface area contributed by atoms with Crippen molar-refractivity contribution in [2.24, 2.45) is 4.99 Å². The molecule has 0 aromatic heterocycles. The number of methoxy groups -OCH3 is 2. The molecular weight excluding hydrogens is 404 g/mol. The molecule has 8 nitrogen and oxygen atoms in total. The lowest BCUT2D eigenvalue weighted by atomic mass is 9.79. The summed E-state index contributed by atoms with van der Waals surface area (Å²) >= 11 is 5.31. The molecule has 0 unspecified atom stereocenters. The molecule has 1 aliphatic rings. The number of nitrogens with one attached hydrogen (secondary N) is 2. The molecule has 0 aliphatic carbocycles. The van der Waals surface area contributed by atoms with E-state index in [1.54, 1.807) is 25.1 Å². The monoisotopic (exact) mass is 430 g/mol. The van der Waals surface area contributed by atoms with Crippen molar-refractivity contribution in [1.29, 1.82) is 0 Å². The van der Waals surface area contributed by atoms with E-state index in [2.05, 4.69) is 15.6 Å². The lowest BCUT2D eigenvalue weighted by Gasteiger charge is -2.31. The second-order valence-corrected chi connectivity index (χ2v) is 7.23. The smallest absolute Gasteiger partial charge is 0.336 e. The van der Waals surface area contributed by atoms with Gasteiger partial charge < -0.3 is 25.0 Å². The molecule has 9 heteroatoms. The van der Waals surface area contributed by atoms with Gasteiger partial charge in [0.25, 0.3) is 0 Å². The quantitative estimate of drug-likeness (QED) is 0.319. The minimum atomic E-state index is -0.713. The molecule has 30 heavy (non-hydrogen) atoms. The maximum absolute atomic E-state index is 12.7. The Labute approximate surface area is 181 Å². The van der Waals surface area contributed by atoms with Crippen molar-refractivity contribution in [3.63, 3.8) is 0 Å². The highest BCUT2D eigenvalue weighted by Crippen LogP contribution is 2.41. The molecule has 0 radical (unpaired) electrons. The molecule has 2 rings (SSSR count). The topological polar surface area (TPSA) is 92.3 Å². The normalized spacial score (nSPS) is 14.5. The number of carbonyl (C=O) groups is 2. The van der Waals surface area contributed by atoms with Crippen LogP contribution in [0.1, 0.15) is 25.3 Å². The SMILES string of the molecule is COC(=O)C1=C(C)NC(C)=C(C(=O)OC)C1c1ccccc1NC(=S)N=CN(C)C. The van der Waals surface area contributed by atoms with Gasteiger partial charge in [-0.25, -0.2) is 14.6 Å². The summed E-state index contributed by atoms with van der Waals surface area (Å²) < 4.78 is 10.0. The fraction of sp³-hybridized carbons (Fsp3) is 0.333. The van der Waals surface area contributed by atoms with Crippen LogP contribution in [0.25, 0.3) is 0 Å². The van der Waals surface area contributed by atoms with E-state index in [0.717, 1.165) is 0 Å². The van der Waals surface area contributed by atoms with Crippen molar-refractivity contribution in [2.45, 2.75) is 19.8 Å². The maximum atomic E-state index is 12.7. The number of esters is 2. The van der Waals surface area contributed by atoms with Crippen LogP contribution in [0, 0.1) is 0 Å². The van der Waals surface area contributed by atoms with Crippen molar-refractivity contribution in [3.05, 3.63) is 52.4 Å². The molecule has 1 aromatic rings. The van der Waals surface area contributed by atoms with Crippen LogP contribution in [-0.2, 0) is 19.1 Å². The number of aliphatic imine (C=N–C) groups is 1. The number of carbonyl (C=O) groups excluding carboxylic acids is 2. The van der Waals surface area contributed by atoms with Gasteiger partial charge in [0.2, 0.25) is 0 Å². The fourth-order valence-corrected chi connectivity index (χ4v) is 3.40. The summed E-state index contributed by atoms with van der Waals surface area (Å²) in [7, 11) is 6.28. The Morgan fingerprint density at radius 1 is 1.10 bits per heavy atom. The molecule has 0 amide bonds. The van der Waals surface area contributed by atoms with Crippen molar-refractivity contribution in [3.8, 4) is 0 Å². The molecule has 0 fully saturated rings. The molecular formula is C21H26N4O4S. The third kappa shape index (κ3) is 5.04. The summed E-state index contributed by atoms with van der Waals surface area (Å²) in [5.41, 5.74) is 3.12. The highest BCUT2D eigenvalue weighted by molar-refractivity contribution is 7.80. The lowest BCUT2D eigenvalue weighted by molar-refractivity contribution is -0.137. The van der Waals surface area contributed by atoms with Crippen LogP contribution in [0.2, 0.25) is 0 Å². The van der Waals surface area contributed by atoms with Gasteiger partial charge in [0.1, 0.15) is 0 Å². The number of dihydropyridines is 1. The first-order chi connectivity index (χ1) is 14.2. The predicted molar refractivity (Wildman–Crippen MR) is 120 cm³/mol. The lowest BCUT2D eigenvalue weighted by Crippen LogP contribution is -2.32. The number of allylic oxidation sites excluding steroid dienone is 2. The average Bonchev–Trinajstić information content (AvgIpc) is 2.71. The van der Waals surface area contributed by atoms with E-state index in [0.29, 0.717) is 33.8 Å². The van der Waals surface area contributed by atoms with Crippen LogP contribution in [0.5, 0.6) is 0 Å². The summed E-state index contributed by atoms with van der Waals surface area (Å²) in [5.74, 6) is -1.79. The van der Waals surface area contributed by atoms with Gasteiger partial charge in [-0.15, -0.1) is 0 Å². The first-order valence-corrected chi connectivity index (χ1v) is 9.57. The molecule has 0 saturated carbocycles. The summed E-state index contributed by atoms with van der Waals surface area (Å²) in [6, 6.07) is 7.28. The molecule has 0 atom stereocenters. The second-order valence-electron chi connectivity index (χ2n) is 6.84. The molecule has 0 bridgehead atoms. The van der Waals surface area contributed by atoms with Gasteiger partial charge >= 0.3 is 11.9 Å². The molecule has 0 spiro atoms. The van der Waals surface area contributed by atoms with Gasteiger partial charge in [-0.2, -0.15) is 0 Å². The Kier molecular flexibility index (Phi) is 7.71. The fourth-order valence-electron chi connectivity index (χ4n) is 3.24. The van der Waals surface area contributed by atoms with E-state index in [1.165, 1.54) is 14.2 Å².